The van der Waals surface area contributed by atoms with Gasteiger partial charge in [0, 0.05) is 28.9 Å². The molecule has 3 aromatic carbocycles. The number of esters is 1. The van der Waals surface area contributed by atoms with E-state index in [2.05, 4.69) is 10.1 Å². The number of hydrogen-bond acceptors (Lipinski definition) is 8. The van der Waals surface area contributed by atoms with Crippen LogP contribution in [0.1, 0.15) is 20.7 Å². The summed E-state index contributed by atoms with van der Waals surface area (Å²) >= 11 is 0. The van der Waals surface area contributed by atoms with E-state index in [0.717, 1.165) is 0 Å². The molecule has 1 aromatic heterocycles. The maximum absolute atomic E-state index is 13.0. The summed E-state index contributed by atoms with van der Waals surface area (Å²) in [5.41, 5.74) is 1.87. The van der Waals surface area contributed by atoms with Crippen LogP contribution in [0, 0.1) is 0 Å². The van der Waals surface area contributed by atoms with Gasteiger partial charge in [-0.1, -0.05) is 0 Å². The lowest BCUT2D eigenvalue weighted by molar-refractivity contribution is 0.0600. The van der Waals surface area contributed by atoms with Crippen LogP contribution in [-0.2, 0) is 4.74 Å². The van der Waals surface area contributed by atoms with Crippen LogP contribution in [0.5, 0.6) is 17.2 Å². The molecule has 0 bridgehead atoms. The van der Waals surface area contributed by atoms with Crippen LogP contribution < -0.4 is 25.0 Å². The lowest BCUT2D eigenvalue weighted by Crippen LogP contribution is -2.12. The second kappa shape index (κ2) is 10.2. The lowest BCUT2D eigenvalue weighted by atomic mass is 10.1. The molecular weight excluding hydrogens is 466 g/mol. The zero-order valence-corrected chi connectivity index (χ0v) is 20.0. The van der Waals surface area contributed by atoms with E-state index >= 15 is 0 Å². The average molecular weight is 489 g/mol. The molecule has 0 spiro atoms. The molecule has 1 amide bonds. The lowest BCUT2D eigenvalue weighted by Gasteiger charge is -2.14. The van der Waals surface area contributed by atoms with Crippen LogP contribution in [-0.4, -0.2) is 40.3 Å². The Morgan fingerprint density at radius 1 is 0.778 bits per heavy atom. The zero-order chi connectivity index (χ0) is 25.8. The van der Waals surface area contributed by atoms with Crippen molar-refractivity contribution in [2.45, 2.75) is 0 Å². The first kappa shape index (κ1) is 24.3. The summed E-state index contributed by atoms with van der Waals surface area (Å²) in [7, 11) is 5.66. The van der Waals surface area contributed by atoms with Crippen molar-refractivity contribution in [1.29, 1.82) is 0 Å². The Bertz CT molecular complexity index is 1490. The fraction of sp³-hybridized carbons (Fsp3) is 0.148. The van der Waals surface area contributed by atoms with Gasteiger partial charge in [-0.15, -0.1) is 0 Å². The largest absolute Gasteiger partial charge is 0.493 e. The minimum absolute atomic E-state index is 0.227. The maximum atomic E-state index is 13.0. The smallest absolute Gasteiger partial charge is 0.337 e. The second-order valence-corrected chi connectivity index (χ2v) is 7.59. The van der Waals surface area contributed by atoms with Gasteiger partial charge < -0.3 is 28.7 Å². The summed E-state index contributed by atoms with van der Waals surface area (Å²) in [4.78, 5) is 37.1. The van der Waals surface area contributed by atoms with Crippen LogP contribution in [0.2, 0.25) is 0 Å². The monoisotopic (exact) mass is 489 g/mol. The van der Waals surface area contributed by atoms with Gasteiger partial charge in [0.25, 0.3) is 5.91 Å². The van der Waals surface area contributed by atoms with Crippen molar-refractivity contribution >= 4 is 28.5 Å². The van der Waals surface area contributed by atoms with Crippen LogP contribution >= 0.6 is 0 Å². The Morgan fingerprint density at radius 3 is 2.00 bits per heavy atom. The summed E-state index contributed by atoms with van der Waals surface area (Å²) in [6.45, 7) is 0. The van der Waals surface area contributed by atoms with E-state index in [1.54, 1.807) is 30.3 Å². The molecule has 0 radical (unpaired) electrons. The van der Waals surface area contributed by atoms with Gasteiger partial charge in [-0.05, 0) is 48.5 Å². The summed E-state index contributed by atoms with van der Waals surface area (Å²) < 4.78 is 26.8. The molecule has 1 heterocycles. The number of hydrogen-bond donors (Lipinski definition) is 1. The first-order valence-corrected chi connectivity index (χ1v) is 10.8. The van der Waals surface area contributed by atoms with Gasteiger partial charge in [0.2, 0.25) is 5.75 Å². The molecule has 0 aliphatic carbocycles. The van der Waals surface area contributed by atoms with Crippen LogP contribution in [0.25, 0.3) is 22.3 Å². The molecule has 9 nitrogen and oxygen atoms in total. The number of ether oxygens (including phenoxy) is 4. The molecule has 184 valence electrons. The van der Waals surface area contributed by atoms with Crippen LogP contribution in [0.15, 0.2) is 69.9 Å². The Labute approximate surface area is 206 Å². The molecule has 0 unspecified atom stereocenters. The summed E-state index contributed by atoms with van der Waals surface area (Å²) in [6, 6.07) is 15.9. The number of anilines is 1. The fourth-order valence-electron chi connectivity index (χ4n) is 3.73. The number of nitrogens with one attached hydrogen (secondary N) is 1. The Balaban J connectivity index is 1.60. The Kier molecular flexibility index (Phi) is 6.91. The summed E-state index contributed by atoms with van der Waals surface area (Å²) in [6.07, 6.45) is 0. The molecule has 0 saturated carbocycles. The first-order valence-electron chi connectivity index (χ1n) is 10.8. The SMILES string of the molecule is COC(=O)c1ccc(C(=O)Nc2ccc(-c3cc(=O)c4c(OC)c(OC)c(OC)cc4o3)cc2)cc1. The van der Waals surface area contributed by atoms with Crippen molar-refractivity contribution < 1.29 is 33.0 Å². The number of carbonyl (C=O) groups is 2. The van der Waals surface area contributed by atoms with Crippen molar-refractivity contribution in [3.63, 3.8) is 0 Å². The highest BCUT2D eigenvalue weighted by Crippen LogP contribution is 2.42. The standard InChI is InChI=1S/C27H23NO8/c1-32-22-14-21-23(25(34-3)24(22)33-2)19(29)13-20(36-21)15-9-11-18(12-10-15)28-26(30)16-5-7-17(8-6-16)27(31)35-4/h5-14H,1-4H3,(H,28,30). The highest BCUT2D eigenvalue weighted by molar-refractivity contribution is 6.05. The maximum Gasteiger partial charge on any atom is 0.337 e. The number of amides is 1. The van der Waals surface area contributed by atoms with Gasteiger partial charge in [0.05, 0.1) is 34.0 Å². The van der Waals surface area contributed by atoms with E-state index in [4.69, 9.17) is 18.6 Å². The minimum atomic E-state index is -0.478. The third kappa shape index (κ3) is 4.58. The molecular formula is C27H23NO8. The van der Waals surface area contributed by atoms with Gasteiger partial charge in [0.15, 0.2) is 16.9 Å². The van der Waals surface area contributed by atoms with Gasteiger partial charge >= 0.3 is 5.97 Å². The van der Waals surface area contributed by atoms with Gasteiger partial charge in [-0.25, -0.2) is 4.79 Å². The predicted octanol–water partition coefficient (Wildman–Crippen LogP) is 4.52. The van der Waals surface area contributed by atoms with E-state index in [1.165, 1.54) is 58.8 Å². The fourth-order valence-corrected chi connectivity index (χ4v) is 3.73. The first-order chi connectivity index (χ1) is 17.4. The summed E-state index contributed by atoms with van der Waals surface area (Å²) in [5, 5.41) is 3.03. The highest BCUT2D eigenvalue weighted by Gasteiger charge is 2.21. The zero-order valence-electron chi connectivity index (χ0n) is 20.0. The second-order valence-electron chi connectivity index (χ2n) is 7.59. The van der Waals surface area contributed by atoms with Crippen molar-refractivity contribution in [1.82, 2.24) is 0 Å². The molecule has 36 heavy (non-hydrogen) atoms. The van der Waals surface area contributed by atoms with E-state index in [-0.39, 0.29) is 28.1 Å². The summed E-state index contributed by atoms with van der Waals surface area (Å²) in [5.74, 6) is 0.397. The van der Waals surface area contributed by atoms with E-state index in [9.17, 15) is 14.4 Å². The molecule has 0 saturated heterocycles. The molecule has 4 aromatic rings. The highest BCUT2D eigenvalue weighted by atomic mass is 16.5. The third-order valence-electron chi connectivity index (χ3n) is 5.52. The van der Waals surface area contributed by atoms with E-state index < -0.39 is 5.97 Å². The van der Waals surface area contributed by atoms with Crippen molar-refractivity contribution in [2.75, 3.05) is 33.8 Å². The number of methoxy groups -OCH3 is 4. The molecule has 4 rings (SSSR count). The number of carbonyl (C=O) groups excluding carboxylic acids is 2. The van der Waals surface area contributed by atoms with Crippen molar-refractivity contribution in [3.8, 4) is 28.6 Å². The van der Waals surface area contributed by atoms with Crippen LogP contribution in [0.3, 0.4) is 0 Å². The number of fused-ring (bicyclic) bond motifs is 1. The Hall–Kier alpha value is -4.79. The molecule has 0 aliphatic rings. The predicted molar refractivity (Wildman–Crippen MR) is 133 cm³/mol. The number of rotatable bonds is 7. The molecule has 1 N–H and O–H groups in total. The molecule has 0 fully saturated rings. The Morgan fingerprint density at radius 2 is 1.42 bits per heavy atom. The normalized spacial score (nSPS) is 10.6. The minimum Gasteiger partial charge on any atom is -0.493 e. The molecule has 0 aliphatic heterocycles. The number of benzene rings is 3. The van der Waals surface area contributed by atoms with Crippen molar-refractivity contribution in [3.05, 3.63) is 82.0 Å². The average Bonchev–Trinajstić information content (AvgIpc) is 2.91. The van der Waals surface area contributed by atoms with Crippen molar-refractivity contribution in [2.24, 2.45) is 0 Å². The molecule has 0 atom stereocenters. The quantitative estimate of drug-likeness (QED) is 0.377. The topological polar surface area (TPSA) is 113 Å². The third-order valence-corrected chi connectivity index (χ3v) is 5.52. The van der Waals surface area contributed by atoms with Gasteiger partial charge in [0.1, 0.15) is 16.7 Å². The van der Waals surface area contributed by atoms with E-state index in [1.807, 2.05) is 0 Å². The van der Waals surface area contributed by atoms with Gasteiger partial charge in [-0.3, -0.25) is 9.59 Å². The van der Waals surface area contributed by atoms with Gasteiger partial charge in [-0.2, -0.15) is 0 Å². The molecule has 9 heteroatoms. The van der Waals surface area contributed by atoms with Crippen LogP contribution in [0.4, 0.5) is 5.69 Å². The van der Waals surface area contributed by atoms with E-state index in [0.29, 0.717) is 39.6 Å².